The molecule has 1 atom stereocenters. The van der Waals surface area contributed by atoms with Gasteiger partial charge in [0.05, 0.1) is 22.0 Å². The Morgan fingerprint density at radius 1 is 1.50 bits per heavy atom. The van der Waals surface area contributed by atoms with Crippen LogP contribution in [0.25, 0.3) is 0 Å². The van der Waals surface area contributed by atoms with E-state index in [1.165, 1.54) is 19.3 Å². The molecule has 1 unspecified atom stereocenters. The van der Waals surface area contributed by atoms with E-state index in [2.05, 4.69) is 5.10 Å². The maximum absolute atomic E-state index is 10.6. The Morgan fingerprint density at radius 3 is 2.67 bits per heavy atom. The van der Waals surface area contributed by atoms with Crippen LogP contribution in [0.3, 0.4) is 0 Å². The zero-order valence-electron chi connectivity index (χ0n) is 11.5. The van der Waals surface area contributed by atoms with Crippen LogP contribution in [0.1, 0.15) is 50.9 Å². The molecule has 0 spiro atoms. The second-order valence-electron chi connectivity index (χ2n) is 5.84. The van der Waals surface area contributed by atoms with Gasteiger partial charge in [0.15, 0.2) is 0 Å². The number of hydrogen-bond acceptors (Lipinski definition) is 2. The molecular formula is C14H23ClN2O. The van der Waals surface area contributed by atoms with E-state index >= 15 is 0 Å². The van der Waals surface area contributed by atoms with Gasteiger partial charge in [-0.2, -0.15) is 5.10 Å². The summed E-state index contributed by atoms with van der Waals surface area (Å²) in [6, 6.07) is 0. The Hall–Kier alpha value is -0.540. The van der Waals surface area contributed by atoms with Crippen molar-refractivity contribution in [3.63, 3.8) is 0 Å². The molecule has 18 heavy (non-hydrogen) atoms. The topological polar surface area (TPSA) is 38.0 Å². The van der Waals surface area contributed by atoms with E-state index in [1.54, 1.807) is 0 Å². The van der Waals surface area contributed by atoms with E-state index < -0.39 is 5.60 Å². The minimum Gasteiger partial charge on any atom is -0.390 e. The molecule has 1 fully saturated rings. The highest BCUT2D eigenvalue weighted by Gasteiger charge is 2.31. The summed E-state index contributed by atoms with van der Waals surface area (Å²) in [4.78, 5) is 0. The van der Waals surface area contributed by atoms with Crippen LogP contribution in [-0.4, -0.2) is 20.5 Å². The van der Waals surface area contributed by atoms with Gasteiger partial charge in [-0.05, 0) is 33.1 Å². The largest absolute Gasteiger partial charge is 0.390 e. The zero-order valence-corrected chi connectivity index (χ0v) is 12.3. The first-order chi connectivity index (χ1) is 8.43. The molecule has 0 aromatic carbocycles. The van der Waals surface area contributed by atoms with Crippen molar-refractivity contribution in [1.29, 1.82) is 0 Å². The Morgan fingerprint density at radius 2 is 2.17 bits per heavy atom. The monoisotopic (exact) mass is 270 g/mol. The van der Waals surface area contributed by atoms with Crippen LogP contribution in [-0.2, 0) is 13.0 Å². The average Bonchev–Trinajstić information content (AvgIpc) is 2.51. The van der Waals surface area contributed by atoms with Gasteiger partial charge in [-0.3, -0.25) is 4.68 Å². The molecule has 3 nitrogen and oxygen atoms in total. The van der Waals surface area contributed by atoms with Crippen LogP contribution in [0.4, 0.5) is 0 Å². The second kappa shape index (κ2) is 5.22. The number of aromatic nitrogens is 2. The maximum Gasteiger partial charge on any atom is 0.0848 e. The Balaban J connectivity index is 2.11. The predicted octanol–water partition coefficient (Wildman–Crippen LogP) is 3.35. The van der Waals surface area contributed by atoms with E-state index in [0.29, 0.717) is 17.4 Å². The molecule has 0 radical (unpaired) electrons. The highest BCUT2D eigenvalue weighted by Crippen LogP contribution is 2.36. The third-order valence-electron chi connectivity index (χ3n) is 3.95. The minimum absolute atomic E-state index is 0.594. The third kappa shape index (κ3) is 2.89. The van der Waals surface area contributed by atoms with Crippen LogP contribution in [0.2, 0.25) is 5.02 Å². The number of hydrogen-bond donors (Lipinski definition) is 1. The summed E-state index contributed by atoms with van der Waals surface area (Å²) in [5.41, 5.74) is 1.16. The average molecular weight is 271 g/mol. The fourth-order valence-corrected chi connectivity index (χ4v) is 2.99. The van der Waals surface area contributed by atoms with Crippen molar-refractivity contribution in [2.75, 3.05) is 0 Å². The smallest absolute Gasteiger partial charge is 0.0848 e. The fraction of sp³-hybridized carbons (Fsp3) is 0.786. The van der Waals surface area contributed by atoms with Crippen LogP contribution >= 0.6 is 11.6 Å². The standard InChI is InChI=1S/C14H23ClN2O/c1-4-17-12(13(15)10(2)16-17)9-14(3,18)8-11-6-5-7-11/h11,18H,4-9H2,1-3H3. The van der Waals surface area contributed by atoms with Crippen molar-refractivity contribution in [2.45, 2.75) is 65.0 Å². The predicted molar refractivity (Wildman–Crippen MR) is 73.9 cm³/mol. The zero-order chi connectivity index (χ0) is 13.3. The summed E-state index contributed by atoms with van der Waals surface area (Å²) in [6.07, 6.45) is 5.30. The first-order valence-electron chi connectivity index (χ1n) is 6.87. The number of nitrogens with zero attached hydrogens (tertiary/aromatic N) is 2. The van der Waals surface area contributed by atoms with E-state index in [-0.39, 0.29) is 0 Å². The maximum atomic E-state index is 10.6. The molecule has 0 amide bonds. The highest BCUT2D eigenvalue weighted by atomic mass is 35.5. The van der Waals surface area contributed by atoms with Gasteiger partial charge in [-0.1, -0.05) is 30.9 Å². The van der Waals surface area contributed by atoms with Crippen LogP contribution in [0, 0.1) is 12.8 Å². The van der Waals surface area contributed by atoms with Gasteiger partial charge >= 0.3 is 0 Å². The van der Waals surface area contributed by atoms with E-state index in [4.69, 9.17) is 11.6 Å². The lowest BCUT2D eigenvalue weighted by Crippen LogP contribution is -2.33. The lowest BCUT2D eigenvalue weighted by atomic mass is 9.76. The molecule has 1 saturated carbocycles. The van der Waals surface area contributed by atoms with Crippen molar-refractivity contribution in [1.82, 2.24) is 9.78 Å². The molecule has 102 valence electrons. The van der Waals surface area contributed by atoms with Gasteiger partial charge in [0.1, 0.15) is 0 Å². The summed E-state index contributed by atoms with van der Waals surface area (Å²) < 4.78 is 1.91. The molecule has 1 aromatic heterocycles. The van der Waals surface area contributed by atoms with E-state index in [0.717, 1.165) is 24.4 Å². The first kappa shape index (κ1) is 13.9. The molecule has 2 rings (SSSR count). The third-order valence-corrected chi connectivity index (χ3v) is 4.45. The summed E-state index contributed by atoms with van der Waals surface area (Å²) >= 11 is 6.29. The SMILES string of the molecule is CCn1nc(C)c(Cl)c1CC(C)(O)CC1CCC1. The number of aryl methyl sites for hydroxylation is 2. The number of rotatable bonds is 5. The molecule has 0 saturated heterocycles. The highest BCUT2D eigenvalue weighted by molar-refractivity contribution is 6.31. The molecule has 1 aliphatic rings. The van der Waals surface area contributed by atoms with Crippen molar-refractivity contribution in [3.05, 3.63) is 16.4 Å². The summed E-state index contributed by atoms with van der Waals surface area (Å²) in [5.74, 6) is 0.692. The number of aliphatic hydroxyl groups is 1. The van der Waals surface area contributed by atoms with Crippen molar-refractivity contribution >= 4 is 11.6 Å². The van der Waals surface area contributed by atoms with Crippen LogP contribution in [0.5, 0.6) is 0 Å². The van der Waals surface area contributed by atoms with Crippen molar-refractivity contribution < 1.29 is 5.11 Å². The molecular weight excluding hydrogens is 248 g/mol. The quantitative estimate of drug-likeness (QED) is 0.891. The molecule has 0 aliphatic heterocycles. The normalized spacial score (nSPS) is 19.6. The molecule has 1 heterocycles. The minimum atomic E-state index is -0.672. The van der Waals surface area contributed by atoms with E-state index in [9.17, 15) is 5.11 Å². The van der Waals surface area contributed by atoms with Gasteiger partial charge in [-0.15, -0.1) is 0 Å². The molecule has 1 aliphatic carbocycles. The van der Waals surface area contributed by atoms with Gasteiger partial charge < -0.3 is 5.11 Å². The van der Waals surface area contributed by atoms with Gasteiger partial charge in [-0.25, -0.2) is 0 Å². The first-order valence-corrected chi connectivity index (χ1v) is 7.25. The second-order valence-corrected chi connectivity index (χ2v) is 6.21. The lowest BCUT2D eigenvalue weighted by Gasteiger charge is -2.33. The molecule has 0 bridgehead atoms. The Labute approximate surface area is 114 Å². The summed E-state index contributed by atoms with van der Waals surface area (Å²) in [7, 11) is 0. The van der Waals surface area contributed by atoms with Crippen molar-refractivity contribution in [2.24, 2.45) is 5.92 Å². The number of halogens is 1. The molecule has 4 heteroatoms. The van der Waals surface area contributed by atoms with Crippen LogP contribution in [0.15, 0.2) is 0 Å². The van der Waals surface area contributed by atoms with Crippen LogP contribution < -0.4 is 0 Å². The van der Waals surface area contributed by atoms with Gasteiger partial charge in [0, 0.05) is 13.0 Å². The summed E-state index contributed by atoms with van der Waals surface area (Å²) in [5, 5.41) is 15.7. The van der Waals surface area contributed by atoms with Crippen molar-refractivity contribution in [3.8, 4) is 0 Å². The van der Waals surface area contributed by atoms with E-state index in [1.807, 2.05) is 25.5 Å². The molecule has 1 N–H and O–H groups in total. The fourth-order valence-electron chi connectivity index (χ4n) is 2.79. The Bertz CT molecular complexity index is 422. The Kier molecular flexibility index (Phi) is 4.02. The lowest BCUT2D eigenvalue weighted by molar-refractivity contribution is 0.0187. The van der Waals surface area contributed by atoms with Gasteiger partial charge in [0.25, 0.3) is 0 Å². The van der Waals surface area contributed by atoms with Gasteiger partial charge in [0.2, 0.25) is 0 Å². The summed E-state index contributed by atoms with van der Waals surface area (Å²) in [6.45, 7) is 6.68. The molecule has 1 aromatic rings.